The Hall–Kier alpha value is 12.4. The molecule has 1 unspecified atom stereocenters. The van der Waals surface area contributed by atoms with Gasteiger partial charge in [0, 0.05) is 0 Å². The summed E-state index contributed by atoms with van der Waals surface area (Å²) in [4.78, 5) is 0. The third kappa shape index (κ3) is 8.22. The van der Waals surface area contributed by atoms with Gasteiger partial charge in [-0.25, -0.2) is 0 Å². The molecule has 152 valence electrons. The largest absolute Gasteiger partial charge is 0.149 e. The average molecular weight is 2250 g/mol. The summed E-state index contributed by atoms with van der Waals surface area (Å²) in [6.45, 7) is 0. The van der Waals surface area contributed by atoms with E-state index in [1.807, 2.05) is 0 Å². The summed E-state index contributed by atoms with van der Waals surface area (Å²) in [6.07, 6.45) is 0. The van der Waals surface area contributed by atoms with Crippen molar-refractivity contribution in [3.63, 3.8) is 0 Å². The van der Waals surface area contributed by atoms with Gasteiger partial charge in [-0.05, 0) is 0 Å². The monoisotopic (exact) mass is 2250 g/mol. The molecule has 0 aliphatic carbocycles. The zero-order chi connectivity index (χ0) is 21.1. The van der Waals surface area contributed by atoms with E-state index in [1.54, 1.807) is 0 Å². The van der Waals surface area contributed by atoms with Crippen LogP contribution >= 0.6 is 384 Å². The molecule has 0 aromatic carbocycles. The molecule has 17 heteroatoms. The Morgan fingerprint density at radius 3 is 0.840 bits per heavy atom. The standard InChI is InChI=1S/C8HI17/c9-1(10)2(11,4(14,15)7(20,21)22)3(12,13)5(16,17)6(18,19)8(23,24)25/h1H. The van der Waals surface area contributed by atoms with Gasteiger partial charge in [0.25, 0.3) is 0 Å². The van der Waals surface area contributed by atoms with E-state index in [2.05, 4.69) is 384 Å². The lowest BCUT2D eigenvalue weighted by Gasteiger charge is -2.59. The van der Waals surface area contributed by atoms with E-state index in [4.69, 9.17) is 0 Å². The summed E-state index contributed by atoms with van der Waals surface area (Å²) in [5.74, 6) is 0. The first kappa shape index (κ1) is 37.4. The van der Waals surface area contributed by atoms with Gasteiger partial charge in [-0.3, -0.25) is 0 Å². The van der Waals surface area contributed by atoms with Gasteiger partial charge in [-0.15, -0.1) is 0 Å². The highest BCUT2D eigenvalue weighted by atomic mass is 127. The summed E-state index contributed by atoms with van der Waals surface area (Å²) in [5, 5.41) is 0. The fourth-order valence-electron chi connectivity index (χ4n) is 1.28. The van der Waals surface area contributed by atoms with E-state index in [1.165, 1.54) is 0 Å². The van der Waals surface area contributed by atoms with Crippen LogP contribution in [0.2, 0.25) is 0 Å². The minimum Gasteiger partial charge on any atom is -0.0720 e. The number of hydrogen-bond acceptors (Lipinski definition) is 0. The highest BCUT2D eigenvalue weighted by Crippen LogP contribution is 2.78. The lowest BCUT2D eigenvalue weighted by molar-refractivity contribution is 0.613. The van der Waals surface area contributed by atoms with E-state index >= 15 is 0 Å². The fraction of sp³-hybridized carbons (Fsp3) is 1.00. The van der Waals surface area contributed by atoms with Gasteiger partial charge in [0.2, 0.25) is 0 Å². The molecule has 0 saturated heterocycles. The average Bonchev–Trinajstić information content (AvgIpc) is 2.33. The highest BCUT2D eigenvalue weighted by molar-refractivity contribution is 14.3. The summed E-state index contributed by atoms with van der Waals surface area (Å²) < 4.78 is 0.688. The highest BCUT2D eigenvalue weighted by Gasteiger charge is 2.76. The Balaban J connectivity index is 6.79. The van der Waals surface area contributed by atoms with Crippen LogP contribution in [-0.2, 0) is 0 Å². The van der Waals surface area contributed by atoms with Crippen molar-refractivity contribution in [2.75, 3.05) is 0 Å². The van der Waals surface area contributed by atoms with E-state index in [9.17, 15) is 0 Å². The smallest absolute Gasteiger partial charge is 0.0720 e. The van der Waals surface area contributed by atoms with Crippen LogP contribution in [0.3, 0.4) is 0 Å². The molecule has 0 aliphatic rings. The minimum absolute atomic E-state index is 0.00608. The zero-order valence-corrected chi connectivity index (χ0v) is 47.2. The topological polar surface area (TPSA) is 0 Å². The number of rotatable bonds is 7. The first-order chi connectivity index (χ1) is 10.4. The van der Waals surface area contributed by atoms with Crippen molar-refractivity contribution in [2.45, 2.75) is 9.94 Å². The van der Waals surface area contributed by atoms with E-state index in [0.29, 0.717) is 1.93 Å². The molecule has 0 aliphatic heterocycles. The molecule has 0 nitrogen and oxygen atoms in total. The van der Waals surface area contributed by atoms with Gasteiger partial charge in [-0.2, -0.15) is 0 Å². The molecule has 0 fully saturated rings. The first-order valence-electron chi connectivity index (χ1n) is 5.06. The van der Waals surface area contributed by atoms with Gasteiger partial charge in [0.15, 0.2) is 0 Å². The van der Waals surface area contributed by atoms with Crippen molar-refractivity contribution >= 4 is 384 Å². The summed E-state index contributed by atoms with van der Waals surface area (Å²) >= 11 is 45.4. The van der Waals surface area contributed by atoms with E-state index < -0.39 is 0 Å². The zero-order valence-electron chi connectivity index (χ0n) is 10.5. The molecule has 0 rings (SSSR count). The summed E-state index contributed by atoms with van der Waals surface area (Å²) in [5.41, 5.74) is 0. The van der Waals surface area contributed by atoms with Crippen molar-refractivity contribution in [3.05, 3.63) is 0 Å². The van der Waals surface area contributed by atoms with Crippen LogP contribution in [0, 0.1) is 0 Å². The minimum atomic E-state index is -0.0193. The maximum Gasteiger partial charge on any atom is 0.149 e. The molecular weight excluding hydrogens is 2250 g/mol. The van der Waals surface area contributed by atoms with Gasteiger partial charge in [0.05, 0.1) is 5.35 Å². The van der Waals surface area contributed by atoms with Crippen LogP contribution in [0.4, 0.5) is 0 Å². The summed E-state index contributed by atoms with van der Waals surface area (Å²) in [7, 11) is 0. The second kappa shape index (κ2) is 13.9. The van der Waals surface area contributed by atoms with Crippen molar-refractivity contribution < 1.29 is 0 Å². The normalized spacial score (nSPS) is 18.5. The third-order valence-corrected chi connectivity index (χ3v) is 51.9. The third-order valence-electron chi connectivity index (χ3n) is 2.72. The Morgan fingerprint density at radius 2 is 0.640 bits per heavy atom. The van der Waals surface area contributed by atoms with Crippen LogP contribution in [-0.4, -0.2) is 9.94 Å². The molecule has 0 aromatic rings. The van der Waals surface area contributed by atoms with Crippen LogP contribution in [0.5, 0.6) is 0 Å². The molecule has 0 aromatic heterocycles. The first-order valence-corrected chi connectivity index (χ1v) is 23.7. The van der Waals surface area contributed by atoms with Crippen LogP contribution in [0.15, 0.2) is 0 Å². The van der Waals surface area contributed by atoms with Crippen LogP contribution in [0.25, 0.3) is 0 Å². The molecular formula is C8HI17. The van der Waals surface area contributed by atoms with Gasteiger partial charge in [0.1, 0.15) is 4.58 Å². The molecule has 0 amide bonds. The quantitative estimate of drug-likeness (QED) is 0.176. The number of alkyl halides is 17. The molecule has 0 bridgehead atoms. The van der Waals surface area contributed by atoms with E-state index in [0.717, 1.165) is 0 Å². The molecule has 0 saturated carbocycles. The maximum atomic E-state index is 2.79. The van der Waals surface area contributed by atoms with E-state index in [-0.39, 0.29) is 8.01 Å². The molecule has 0 N–H and O–H groups in total. The lowest BCUT2D eigenvalue weighted by Crippen LogP contribution is -2.69. The Bertz CT molecular complexity index is 480. The number of hydrogen-bond donors (Lipinski definition) is 0. The van der Waals surface area contributed by atoms with Crippen LogP contribution < -0.4 is 0 Å². The van der Waals surface area contributed by atoms with Gasteiger partial charge < -0.3 is 0 Å². The van der Waals surface area contributed by atoms with Crippen molar-refractivity contribution in [1.82, 2.24) is 0 Å². The predicted molar refractivity (Wildman–Crippen MR) is 261 cm³/mol. The lowest BCUT2D eigenvalue weighted by atomic mass is 10.0. The Morgan fingerprint density at radius 1 is 0.360 bits per heavy atom. The fourth-order valence-corrected chi connectivity index (χ4v) is 27.2. The second-order valence-corrected chi connectivity index (χ2v) is 54.2. The van der Waals surface area contributed by atoms with Crippen LogP contribution in [0.1, 0.15) is 0 Å². The Kier molecular flexibility index (Phi) is 20.7. The van der Waals surface area contributed by atoms with Gasteiger partial charge >= 0.3 is 0 Å². The van der Waals surface area contributed by atoms with Crippen molar-refractivity contribution in [1.29, 1.82) is 0 Å². The predicted octanol–water partition coefficient (Wildman–Crippen LogP) is 13.5. The van der Waals surface area contributed by atoms with Crippen molar-refractivity contribution in [2.24, 2.45) is 0 Å². The SMILES string of the molecule is IC(I)C(I)(C(I)(I)C(I)(I)I)C(I)(I)C(I)(I)C(I)(I)C(I)(I)I. The molecule has 0 heterocycles. The molecule has 0 radical (unpaired) electrons. The van der Waals surface area contributed by atoms with Crippen molar-refractivity contribution in [3.8, 4) is 0 Å². The number of halogens is 17. The molecule has 1 atom stereocenters. The molecule has 25 heavy (non-hydrogen) atoms. The molecule has 0 spiro atoms. The Labute approximate surface area is 381 Å². The maximum absolute atomic E-state index is 2.79. The summed E-state index contributed by atoms with van der Waals surface area (Å²) in [6, 6.07) is 0. The van der Waals surface area contributed by atoms with Gasteiger partial charge in [-0.1, -0.05) is 384 Å². The second-order valence-electron chi connectivity index (χ2n) is 4.31.